The molecule has 1 aliphatic rings. The van der Waals surface area contributed by atoms with Gasteiger partial charge in [0, 0.05) is 12.0 Å². The molecular formula is C20H23FN2O3. The second kappa shape index (κ2) is 7.72. The number of furan rings is 1. The van der Waals surface area contributed by atoms with Gasteiger partial charge in [0.2, 0.25) is 5.91 Å². The molecular weight excluding hydrogens is 335 g/mol. The molecule has 138 valence electrons. The monoisotopic (exact) mass is 358 g/mol. The predicted octanol–water partition coefficient (Wildman–Crippen LogP) is 3.17. The first kappa shape index (κ1) is 18.2. The predicted molar refractivity (Wildman–Crippen MR) is 95.2 cm³/mol. The van der Waals surface area contributed by atoms with E-state index < -0.39 is 11.9 Å². The third-order valence-electron chi connectivity index (χ3n) is 5.10. The Kier molecular flexibility index (Phi) is 5.40. The molecule has 1 saturated carbocycles. The van der Waals surface area contributed by atoms with E-state index in [1.165, 1.54) is 18.4 Å². The maximum absolute atomic E-state index is 13.2. The Hall–Kier alpha value is -2.63. The van der Waals surface area contributed by atoms with Crippen LogP contribution in [0, 0.1) is 5.82 Å². The summed E-state index contributed by atoms with van der Waals surface area (Å²) in [6, 6.07) is 9.00. The van der Waals surface area contributed by atoms with Gasteiger partial charge in [-0.3, -0.25) is 9.59 Å². The Balaban J connectivity index is 1.61. The van der Waals surface area contributed by atoms with Gasteiger partial charge in [-0.15, -0.1) is 0 Å². The van der Waals surface area contributed by atoms with E-state index in [0.717, 1.165) is 31.2 Å². The van der Waals surface area contributed by atoms with E-state index in [1.807, 2.05) is 0 Å². The van der Waals surface area contributed by atoms with E-state index in [1.54, 1.807) is 31.2 Å². The van der Waals surface area contributed by atoms with E-state index in [4.69, 9.17) is 4.42 Å². The van der Waals surface area contributed by atoms with Gasteiger partial charge in [-0.1, -0.05) is 25.0 Å². The second-order valence-electron chi connectivity index (χ2n) is 6.88. The normalized spacial score (nSPS) is 16.8. The quantitative estimate of drug-likeness (QED) is 0.833. The minimum Gasteiger partial charge on any atom is -0.459 e. The van der Waals surface area contributed by atoms with Gasteiger partial charge < -0.3 is 15.1 Å². The summed E-state index contributed by atoms with van der Waals surface area (Å²) < 4.78 is 18.3. The van der Waals surface area contributed by atoms with Crippen molar-refractivity contribution in [3.05, 3.63) is 59.8 Å². The van der Waals surface area contributed by atoms with Gasteiger partial charge in [0.1, 0.15) is 11.9 Å². The van der Waals surface area contributed by atoms with E-state index >= 15 is 0 Å². The number of hydrogen-bond acceptors (Lipinski definition) is 3. The van der Waals surface area contributed by atoms with Crippen molar-refractivity contribution in [2.75, 3.05) is 6.54 Å². The van der Waals surface area contributed by atoms with Crippen molar-refractivity contribution in [1.82, 2.24) is 10.6 Å². The lowest BCUT2D eigenvalue weighted by atomic mass is 9.78. The summed E-state index contributed by atoms with van der Waals surface area (Å²) in [5.74, 6) is -0.770. The van der Waals surface area contributed by atoms with Crippen molar-refractivity contribution in [3.8, 4) is 0 Å². The topological polar surface area (TPSA) is 71.3 Å². The molecule has 1 heterocycles. The molecule has 2 amide bonds. The molecule has 1 atom stereocenters. The van der Waals surface area contributed by atoms with Crippen LogP contribution in [0.2, 0.25) is 0 Å². The van der Waals surface area contributed by atoms with E-state index in [2.05, 4.69) is 10.6 Å². The Labute approximate surface area is 152 Å². The van der Waals surface area contributed by atoms with Crippen molar-refractivity contribution in [2.45, 2.75) is 44.1 Å². The van der Waals surface area contributed by atoms with Gasteiger partial charge in [0.05, 0.1) is 6.26 Å². The summed E-state index contributed by atoms with van der Waals surface area (Å²) in [5.41, 5.74) is 0.873. The molecule has 5 nitrogen and oxygen atoms in total. The fraction of sp³-hybridized carbons (Fsp3) is 0.400. The van der Waals surface area contributed by atoms with Crippen LogP contribution in [0.1, 0.15) is 48.7 Å². The minimum atomic E-state index is -0.681. The average Bonchev–Trinajstić information content (AvgIpc) is 3.32. The highest BCUT2D eigenvalue weighted by atomic mass is 19.1. The SMILES string of the molecule is C[C@H](NC(=O)c1ccco1)C(=O)NCC1(c2ccc(F)cc2)CCCC1. The lowest BCUT2D eigenvalue weighted by Crippen LogP contribution is -2.48. The highest BCUT2D eigenvalue weighted by Gasteiger charge is 2.36. The van der Waals surface area contributed by atoms with Crippen LogP contribution >= 0.6 is 0 Å². The molecule has 6 heteroatoms. The molecule has 2 aromatic rings. The summed E-state index contributed by atoms with van der Waals surface area (Å²) in [4.78, 5) is 24.4. The summed E-state index contributed by atoms with van der Waals surface area (Å²) in [6.07, 6.45) is 5.47. The van der Waals surface area contributed by atoms with Gasteiger partial charge in [0.25, 0.3) is 5.91 Å². The zero-order chi connectivity index (χ0) is 18.6. The summed E-state index contributed by atoms with van der Waals surface area (Å²) in [5, 5.41) is 5.57. The molecule has 26 heavy (non-hydrogen) atoms. The lowest BCUT2D eigenvalue weighted by molar-refractivity contribution is -0.122. The van der Waals surface area contributed by atoms with Gasteiger partial charge in [-0.25, -0.2) is 4.39 Å². The van der Waals surface area contributed by atoms with Crippen molar-refractivity contribution < 1.29 is 18.4 Å². The lowest BCUT2D eigenvalue weighted by Gasteiger charge is -2.30. The fourth-order valence-electron chi connectivity index (χ4n) is 3.57. The average molecular weight is 358 g/mol. The van der Waals surface area contributed by atoms with Crippen molar-refractivity contribution >= 4 is 11.8 Å². The zero-order valence-corrected chi connectivity index (χ0v) is 14.8. The molecule has 0 aliphatic heterocycles. The van der Waals surface area contributed by atoms with Gasteiger partial charge in [0.15, 0.2) is 5.76 Å². The standard InChI is InChI=1S/C20H23FN2O3/c1-14(23-19(25)17-5-4-12-26-17)18(24)22-13-20(10-2-3-11-20)15-6-8-16(21)9-7-15/h4-9,12,14H,2-3,10-11,13H2,1H3,(H,22,24)(H,23,25)/t14-/m0/s1. The molecule has 0 radical (unpaired) electrons. The summed E-state index contributed by atoms with van der Waals surface area (Å²) in [6.45, 7) is 2.10. The molecule has 1 fully saturated rings. The van der Waals surface area contributed by atoms with E-state index in [9.17, 15) is 14.0 Å². The van der Waals surface area contributed by atoms with Crippen LogP contribution in [0.4, 0.5) is 4.39 Å². The summed E-state index contributed by atoms with van der Waals surface area (Å²) in [7, 11) is 0. The first-order valence-electron chi connectivity index (χ1n) is 8.88. The first-order valence-corrected chi connectivity index (χ1v) is 8.88. The van der Waals surface area contributed by atoms with Crippen LogP contribution in [0.3, 0.4) is 0 Å². The van der Waals surface area contributed by atoms with Crippen LogP contribution in [0.15, 0.2) is 47.1 Å². The number of amides is 2. The fourth-order valence-corrected chi connectivity index (χ4v) is 3.57. The molecule has 1 aromatic carbocycles. The van der Waals surface area contributed by atoms with Crippen LogP contribution in [0.25, 0.3) is 0 Å². The number of hydrogen-bond donors (Lipinski definition) is 2. The largest absolute Gasteiger partial charge is 0.459 e. The highest BCUT2D eigenvalue weighted by Crippen LogP contribution is 2.40. The van der Waals surface area contributed by atoms with E-state index in [-0.39, 0.29) is 22.9 Å². The number of carbonyl (C=O) groups is 2. The molecule has 0 unspecified atom stereocenters. The Morgan fingerprint density at radius 2 is 1.88 bits per heavy atom. The zero-order valence-electron chi connectivity index (χ0n) is 14.8. The maximum Gasteiger partial charge on any atom is 0.287 e. The van der Waals surface area contributed by atoms with Crippen molar-refractivity contribution in [1.29, 1.82) is 0 Å². The molecule has 0 spiro atoms. The number of carbonyl (C=O) groups excluding carboxylic acids is 2. The number of benzene rings is 1. The third kappa shape index (κ3) is 3.95. The van der Waals surface area contributed by atoms with Crippen LogP contribution < -0.4 is 10.6 Å². The van der Waals surface area contributed by atoms with Crippen LogP contribution in [-0.4, -0.2) is 24.4 Å². The van der Waals surface area contributed by atoms with Gasteiger partial charge >= 0.3 is 0 Å². The second-order valence-corrected chi connectivity index (χ2v) is 6.88. The first-order chi connectivity index (χ1) is 12.5. The van der Waals surface area contributed by atoms with Crippen molar-refractivity contribution in [3.63, 3.8) is 0 Å². The molecule has 0 saturated heterocycles. The van der Waals surface area contributed by atoms with Crippen LogP contribution in [0.5, 0.6) is 0 Å². The van der Waals surface area contributed by atoms with Crippen LogP contribution in [-0.2, 0) is 10.2 Å². The maximum atomic E-state index is 13.2. The van der Waals surface area contributed by atoms with Gasteiger partial charge in [-0.05, 0) is 49.6 Å². The highest BCUT2D eigenvalue weighted by molar-refractivity contribution is 5.95. The molecule has 1 aliphatic carbocycles. The molecule has 1 aromatic heterocycles. The third-order valence-corrected chi connectivity index (χ3v) is 5.10. The number of nitrogens with one attached hydrogen (secondary N) is 2. The molecule has 2 N–H and O–H groups in total. The smallest absolute Gasteiger partial charge is 0.287 e. The number of rotatable bonds is 6. The Morgan fingerprint density at radius 3 is 2.50 bits per heavy atom. The Morgan fingerprint density at radius 1 is 1.19 bits per heavy atom. The Bertz CT molecular complexity index is 750. The van der Waals surface area contributed by atoms with E-state index in [0.29, 0.717) is 6.54 Å². The van der Waals surface area contributed by atoms with Gasteiger partial charge in [-0.2, -0.15) is 0 Å². The molecule has 0 bridgehead atoms. The van der Waals surface area contributed by atoms with Crippen molar-refractivity contribution in [2.24, 2.45) is 0 Å². The minimum absolute atomic E-state index is 0.170. The number of halogens is 1. The summed E-state index contributed by atoms with van der Waals surface area (Å²) >= 11 is 0. The molecule has 3 rings (SSSR count).